The van der Waals surface area contributed by atoms with Crippen LogP contribution >= 0.6 is 0 Å². The van der Waals surface area contributed by atoms with Crippen LogP contribution in [0.5, 0.6) is 0 Å². The molecule has 0 saturated carbocycles. The standard InChI is InChI=1S/C15H16F2N4O3/c16-10-3-8(21-5-7(6-21)19-15(18)24)4-11(17)13(10)9-1-2-12(22)20-14(9)23/h3-4,7,9H,1-2,5-6H2,(H3,18,19,24)(H,20,22,23). The summed E-state index contributed by atoms with van der Waals surface area (Å²) in [5.41, 5.74) is 5.01. The zero-order chi connectivity index (χ0) is 17.4. The maximum atomic E-state index is 14.4. The molecule has 4 amide bonds. The quantitative estimate of drug-likeness (QED) is 0.691. The zero-order valence-corrected chi connectivity index (χ0v) is 12.6. The minimum atomic E-state index is -1.02. The van der Waals surface area contributed by atoms with Crippen LogP contribution in [0, 0.1) is 11.6 Å². The zero-order valence-electron chi connectivity index (χ0n) is 12.6. The normalized spacial score (nSPS) is 21.2. The molecule has 4 N–H and O–H groups in total. The maximum Gasteiger partial charge on any atom is 0.312 e. The molecule has 0 spiro atoms. The van der Waals surface area contributed by atoms with Crippen molar-refractivity contribution >= 4 is 23.5 Å². The van der Waals surface area contributed by atoms with Crippen molar-refractivity contribution in [2.24, 2.45) is 5.73 Å². The van der Waals surface area contributed by atoms with E-state index in [1.165, 1.54) is 0 Å². The average molecular weight is 338 g/mol. The van der Waals surface area contributed by atoms with Gasteiger partial charge in [0.25, 0.3) is 0 Å². The number of rotatable bonds is 3. The fourth-order valence-corrected chi connectivity index (χ4v) is 3.04. The van der Waals surface area contributed by atoms with E-state index in [-0.39, 0.29) is 24.4 Å². The molecule has 3 rings (SSSR count). The van der Waals surface area contributed by atoms with E-state index in [1.807, 2.05) is 0 Å². The highest BCUT2D eigenvalue weighted by Gasteiger charge is 2.34. The van der Waals surface area contributed by atoms with Crippen LogP contribution in [0.1, 0.15) is 24.3 Å². The van der Waals surface area contributed by atoms with Gasteiger partial charge in [-0.1, -0.05) is 0 Å². The van der Waals surface area contributed by atoms with Gasteiger partial charge in [-0.2, -0.15) is 0 Å². The third-order valence-corrected chi connectivity index (χ3v) is 4.24. The summed E-state index contributed by atoms with van der Waals surface area (Å²) in [6, 6.07) is 1.50. The molecule has 7 nitrogen and oxygen atoms in total. The van der Waals surface area contributed by atoms with E-state index >= 15 is 0 Å². The van der Waals surface area contributed by atoms with Crippen LogP contribution in [0.2, 0.25) is 0 Å². The van der Waals surface area contributed by atoms with E-state index in [0.29, 0.717) is 18.8 Å². The summed E-state index contributed by atoms with van der Waals surface area (Å²) in [7, 11) is 0. The van der Waals surface area contributed by atoms with Crippen LogP contribution in [-0.4, -0.2) is 37.0 Å². The molecule has 9 heteroatoms. The Balaban J connectivity index is 1.76. The van der Waals surface area contributed by atoms with Crippen molar-refractivity contribution < 1.29 is 23.2 Å². The SMILES string of the molecule is NC(=O)NC1CN(c2cc(F)c(C3CCC(=O)NC3=O)c(F)c2)C1. The van der Waals surface area contributed by atoms with Crippen LogP contribution < -0.4 is 21.3 Å². The van der Waals surface area contributed by atoms with Crippen molar-refractivity contribution in [3.8, 4) is 0 Å². The Morgan fingerprint density at radius 3 is 2.42 bits per heavy atom. The second-order valence-corrected chi connectivity index (χ2v) is 5.94. The predicted molar refractivity (Wildman–Crippen MR) is 80.2 cm³/mol. The number of imide groups is 1. The van der Waals surface area contributed by atoms with Crippen molar-refractivity contribution in [3.63, 3.8) is 0 Å². The van der Waals surface area contributed by atoms with Crippen LogP contribution in [0.4, 0.5) is 19.3 Å². The lowest BCUT2D eigenvalue weighted by Gasteiger charge is -2.41. The molecule has 2 aliphatic rings. The van der Waals surface area contributed by atoms with Crippen LogP contribution in [0.25, 0.3) is 0 Å². The lowest BCUT2D eigenvalue weighted by Crippen LogP contribution is -2.60. The van der Waals surface area contributed by atoms with Crippen molar-refractivity contribution in [2.75, 3.05) is 18.0 Å². The second-order valence-electron chi connectivity index (χ2n) is 5.94. The molecule has 24 heavy (non-hydrogen) atoms. The molecule has 2 saturated heterocycles. The van der Waals surface area contributed by atoms with E-state index < -0.39 is 35.4 Å². The molecule has 2 fully saturated rings. The number of primary amides is 1. The lowest BCUT2D eigenvalue weighted by molar-refractivity contribution is -0.134. The van der Waals surface area contributed by atoms with Crippen LogP contribution in [0.3, 0.4) is 0 Å². The van der Waals surface area contributed by atoms with E-state index in [9.17, 15) is 23.2 Å². The Labute approximate surface area is 136 Å². The van der Waals surface area contributed by atoms with Crippen molar-refractivity contribution in [1.82, 2.24) is 10.6 Å². The first-order chi connectivity index (χ1) is 11.3. The number of amides is 4. The highest BCUT2D eigenvalue weighted by molar-refractivity contribution is 6.01. The first kappa shape index (κ1) is 16.2. The number of hydrogen-bond donors (Lipinski definition) is 3. The summed E-state index contributed by atoms with van der Waals surface area (Å²) in [5.74, 6) is -3.80. The maximum absolute atomic E-state index is 14.4. The number of benzene rings is 1. The number of piperidine rings is 1. The van der Waals surface area contributed by atoms with Gasteiger partial charge in [0.1, 0.15) is 11.6 Å². The fourth-order valence-electron chi connectivity index (χ4n) is 3.04. The number of carbonyl (C=O) groups excluding carboxylic acids is 3. The molecule has 0 aliphatic carbocycles. The molecule has 2 heterocycles. The van der Waals surface area contributed by atoms with Crippen molar-refractivity contribution in [2.45, 2.75) is 24.8 Å². The Bertz CT molecular complexity index is 696. The van der Waals surface area contributed by atoms with Gasteiger partial charge in [0.05, 0.1) is 12.0 Å². The first-order valence-electron chi connectivity index (χ1n) is 7.48. The third kappa shape index (κ3) is 3.01. The molecule has 128 valence electrons. The third-order valence-electron chi connectivity index (χ3n) is 4.24. The highest BCUT2D eigenvalue weighted by atomic mass is 19.1. The summed E-state index contributed by atoms with van der Waals surface area (Å²) in [5, 5.41) is 4.60. The Morgan fingerprint density at radius 2 is 1.88 bits per heavy atom. The Hall–Kier alpha value is -2.71. The van der Waals surface area contributed by atoms with Crippen LogP contribution in [0.15, 0.2) is 12.1 Å². The summed E-state index contributed by atoms with van der Waals surface area (Å²) >= 11 is 0. The molecule has 0 bridgehead atoms. The van der Waals surface area contributed by atoms with Gasteiger partial charge >= 0.3 is 6.03 Å². The predicted octanol–water partition coefficient (Wildman–Crippen LogP) is 0.342. The van der Waals surface area contributed by atoms with Gasteiger partial charge in [-0.15, -0.1) is 0 Å². The summed E-state index contributed by atoms with van der Waals surface area (Å²) in [6.45, 7) is 0.777. The molecule has 2 aliphatic heterocycles. The van der Waals surface area contributed by atoms with Crippen LogP contribution in [-0.2, 0) is 9.59 Å². The molecule has 1 aromatic rings. The second kappa shape index (κ2) is 6.06. The molecular weight excluding hydrogens is 322 g/mol. The van der Waals surface area contributed by atoms with Gasteiger partial charge in [0.15, 0.2) is 0 Å². The van der Waals surface area contributed by atoms with E-state index in [2.05, 4.69) is 10.6 Å². The smallest absolute Gasteiger partial charge is 0.312 e. The molecule has 1 aromatic carbocycles. The molecule has 0 aromatic heterocycles. The fraction of sp³-hybridized carbons (Fsp3) is 0.400. The summed E-state index contributed by atoms with van der Waals surface area (Å²) < 4.78 is 28.7. The minimum Gasteiger partial charge on any atom is -0.367 e. The average Bonchev–Trinajstić information content (AvgIpc) is 2.43. The van der Waals surface area contributed by atoms with Gasteiger partial charge in [-0.25, -0.2) is 13.6 Å². The van der Waals surface area contributed by atoms with Crippen molar-refractivity contribution in [1.29, 1.82) is 0 Å². The summed E-state index contributed by atoms with van der Waals surface area (Å²) in [4.78, 5) is 35.4. The van der Waals surface area contributed by atoms with Gasteiger partial charge in [0.2, 0.25) is 11.8 Å². The number of nitrogens with one attached hydrogen (secondary N) is 2. The topological polar surface area (TPSA) is 105 Å². The summed E-state index contributed by atoms with van der Waals surface area (Å²) in [6.07, 6.45) is 0.121. The van der Waals surface area contributed by atoms with Gasteiger partial charge in [-0.3, -0.25) is 14.9 Å². The Morgan fingerprint density at radius 1 is 1.25 bits per heavy atom. The largest absolute Gasteiger partial charge is 0.367 e. The van der Waals surface area contributed by atoms with E-state index in [0.717, 1.165) is 12.1 Å². The number of carbonyl (C=O) groups is 3. The Kier molecular flexibility index (Phi) is 4.08. The molecule has 1 unspecified atom stereocenters. The van der Waals surface area contributed by atoms with E-state index in [1.54, 1.807) is 4.90 Å². The first-order valence-corrected chi connectivity index (χ1v) is 7.48. The number of halogens is 2. The lowest BCUT2D eigenvalue weighted by atomic mass is 9.89. The van der Waals surface area contributed by atoms with Gasteiger partial charge < -0.3 is 16.0 Å². The highest BCUT2D eigenvalue weighted by Crippen LogP contribution is 2.33. The molecular formula is C15H16F2N4O3. The number of anilines is 1. The minimum absolute atomic E-state index is 0.0453. The van der Waals surface area contributed by atoms with Gasteiger partial charge in [0, 0.05) is 30.8 Å². The van der Waals surface area contributed by atoms with E-state index in [4.69, 9.17) is 5.73 Å². The number of nitrogens with two attached hydrogens (primary N) is 1. The number of hydrogen-bond acceptors (Lipinski definition) is 4. The monoisotopic (exact) mass is 338 g/mol. The number of urea groups is 1. The number of nitrogens with zero attached hydrogens (tertiary/aromatic N) is 1. The molecule has 0 radical (unpaired) electrons. The van der Waals surface area contributed by atoms with Gasteiger partial charge in [-0.05, 0) is 18.6 Å². The van der Waals surface area contributed by atoms with Crippen molar-refractivity contribution in [3.05, 3.63) is 29.3 Å². The molecule has 1 atom stereocenters.